The zero-order valence-electron chi connectivity index (χ0n) is 15.1. The van der Waals surface area contributed by atoms with Gasteiger partial charge in [0.1, 0.15) is 12.2 Å². The second-order valence-corrected chi connectivity index (χ2v) is 7.58. The van der Waals surface area contributed by atoms with Crippen LogP contribution >= 0.6 is 24.0 Å². The van der Waals surface area contributed by atoms with Crippen molar-refractivity contribution in [3.05, 3.63) is 42.0 Å². The Labute approximate surface area is 171 Å². The summed E-state index contributed by atoms with van der Waals surface area (Å²) < 4.78 is 24.9. The number of nitrogens with zero attached hydrogens (tertiary/aromatic N) is 4. The molecule has 26 heavy (non-hydrogen) atoms. The summed E-state index contributed by atoms with van der Waals surface area (Å²) in [4.78, 5) is 4.50. The van der Waals surface area contributed by atoms with Gasteiger partial charge in [0.05, 0.1) is 4.90 Å². The van der Waals surface area contributed by atoms with Crippen LogP contribution in [-0.4, -0.2) is 49.0 Å². The predicted molar refractivity (Wildman–Crippen MR) is 113 cm³/mol. The number of hydrogen-bond donors (Lipinski definition) is 2. The molecule has 0 amide bonds. The van der Waals surface area contributed by atoms with E-state index in [0.717, 1.165) is 24.4 Å². The first kappa shape index (κ1) is 22.4. The molecule has 2 aromatic rings. The van der Waals surface area contributed by atoms with Gasteiger partial charge in [0, 0.05) is 39.4 Å². The van der Waals surface area contributed by atoms with E-state index < -0.39 is 9.84 Å². The molecular weight excluding hydrogens is 467 g/mol. The lowest BCUT2D eigenvalue weighted by Gasteiger charge is -2.13. The van der Waals surface area contributed by atoms with Crippen molar-refractivity contribution in [1.82, 2.24) is 25.4 Å². The molecule has 10 heteroatoms. The van der Waals surface area contributed by atoms with Crippen molar-refractivity contribution in [3.8, 4) is 0 Å². The molecule has 0 saturated carbocycles. The van der Waals surface area contributed by atoms with Crippen molar-refractivity contribution < 1.29 is 8.42 Å². The Balaban J connectivity index is 0.00000338. The molecule has 0 aliphatic rings. The van der Waals surface area contributed by atoms with Gasteiger partial charge in [-0.15, -0.1) is 34.2 Å². The Hall–Kier alpha value is -1.69. The molecule has 0 unspecified atom stereocenters. The molecule has 0 aliphatic heterocycles. The van der Waals surface area contributed by atoms with E-state index in [0.29, 0.717) is 23.9 Å². The highest BCUT2D eigenvalue weighted by Gasteiger charge is 2.06. The van der Waals surface area contributed by atoms with Gasteiger partial charge >= 0.3 is 0 Å². The van der Waals surface area contributed by atoms with E-state index in [-0.39, 0.29) is 24.0 Å². The highest BCUT2D eigenvalue weighted by Crippen LogP contribution is 2.10. The number of aromatic nitrogens is 3. The molecular formula is C16H25IN6O2S. The standard InChI is InChI=1S/C16H24N6O2S.HI/c1-4-15-21-20-12-22(15)10-9-18-16(17-2)19-11-13-5-7-14(8-6-13)25(3,23)24;/h5-8,12H,4,9-11H2,1-3H3,(H2,17,18,19);1H. The van der Waals surface area contributed by atoms with Gasteiger partial charge in [-0.2, -0.15) is 0 Å². The van der Waals surface area contributed by atoms with Crippen molar-refractivity contribution in [2.24, 2.45) is 4.99 Å². The molecule has 2 N–H and O–H groups in total. The van der Waals surface area contributed by atoms with Gasteiger partial charge in [0.15, 0.2) is 15.8 Å². The van der Waals surface area contributed by atoms with Crippen LogP contribution in [0.15, 0.2) is 40.5 Å². The summed E-state index contributed by atoms with van der Waals surface area (Å²) in [5.41, 5.74) is 0.974. The van der Waals surface area contributed by atoms with Gasteiger partial charge in [0.2, 0.25) is 0 Å². The van der Waals surface area contributed by atoms with Crippen molar-refractivity contribution in [2.45, 2.75) is 31.3 Å². The highest BCUT2D eigenvalue weighted by molar-refractivity contribution is 14.0. The predicted octanol–water partition coefficient (Wildman–Crippen LogP) is 1.23. The fraction of sp³-hybridized carbons (Fsp3) is 0.438. The maximum absolute atomic E-state index is 11.5. The lowest BCUT2D eigenvalue weighted by molar-refractivity contribution is 0.602. The second-order valence-electron chi connectivity index (χ2n) is 5.56. The van der Waals surface area contributed by atoms with Gasteiger partial charge in [-0.1, -0.05) is 19.1 Å². The number of sulfone groups is 1. The summed E-state index contributed by atoms with van der Waals surface area (Å²) in [5, 5.41) is 14.4. The van der Waals surface area contributed by atoms with E-state index in [1.165, 1.54) is 6.26 Å². The first-order chi connectivity index (χ1) is 11.9. The number of aliphatic imine (C=N–C) groups is 1. The molecule has 0 bridgehead atoms. The fourth-order valence-corrected chi connectivity index (χ4v) is 2.93. The van der Waals surface area contributed by atoms with Crippen molar-refractivity contribution in [2.75, 3.05) is 19.8 Å². The van der Waals surface area contributed by atoms with Gasteiger partial charge in [-0.05, 0) is 17.7 Å². The molecule has 0 radical (unpaired) electrons. The van der Waals surface area contributed by atoms with Crippen LogP contribution in [0, 0.1) is 0 Å². The van der Waals surface area contributed by atoms with Gasteiger partial charge < -0.3 is 15.2 Å². The van der Waals surface area contributed by atoms with Crippen LogP contribution in [0.2, 0.25) is 0 Å². The maximum Gasteiger partial charge on any atom is 0.191 e. The smallest absolute Gasteiger partial charge is 0.191 e. The van der Waals surface area contributed by atoms with E-state index in [9.17, 15) is 8.42 Å². The Morgan fingerprint density at radius 2 is 1.92 bits per heavy atom. The Bertz CT molecular complexity index is 818. The molecule has 8 nitrogen and oxygen atoms in total. The van der Waals surface area contributed by atoms with Gasteiger partial charge in [-0.25, -0.2) is 8.42 Å². The number of benzene rings is 1. The average molecular weight is 492 g/mol. The third kappa shape index (κ3) is 6.56. The number of hydrogen-bond acceptors (Lipinski definition) is 5. The lowest BCUT2D eigenvalue weighted by Crippen LogP contribution is -2.38. The summed E-state index contributed by atoms with van der Waals surface area (Å²) in [7, 11) is -1.46. The van der Waals surface area contributed by atoms with Crippen LogP contribution in [0.5, 0.6) is 0 Å². The van der Waals surface area contributed by atoms with E-state index >= 15 is 0 Å². The molecule has 0 atom stereocenters. The summed E-state index contributed by atoms with van der Waals surface area (Å²) in [6.07, 6.45) is 3.77. The quantitative estimate of drug-likeness (QED) is 0.343. The number of aryl methyl sites for hydroxylation is 1. The first-order valence-electron chi connectivity index (χ1n) is 8.04. The van der Waals surface area contributed by atoms with Crippen LogP contribution in [0.4, 0.5) is 0 Å². The SMILES string of the molecule is CCc1nncn1CCNC(=NC)NCc1ccc(S(C)(=O)=O)cc1.I. The molecule has 1 aromatic heterocycles. The maximum atomic E-state index is 11.5. The first-order valence-corrected chi connectivity index (χ1v) is 9.93. The summed E-state index contributed by atoms with van der Waals surface area (Å²) in [6.45, 7) is 4.04. The molecule has 1 heterocycles. The van der Waals surface area contributed by atoms with E-state index in [1.54, 1.807) is 37.6 Å². The minimum absolute atomic E-state index is 0. The van der Waals surface area contributed by atoms with Crippen molar-refractivity contribution >= 4 is 39.8 Å². The third-order valence-corrected chi connectivity index (χ3v) is 4.82. The minimum Gasteiger partial charge on any atom is -0.355 e. The van der Waals surface area contributed by atoms with E-state index in [2.05, 4.69) is 25.8 Å². The topological polar surface area (TPSA) is 101 Å². The van der Waals surface area contributed by atoms with Crippen LogP contribution in [0.25, 0.3) is 0 Å². The molecule has 144 valence electrons. The number of rotatable bonds is 7. The summed E-state index contributed by atoms with van der Waals surface area (Å²) in [5.74, 6) is 1.63. The molecule has 2 rings (SSSR count). The lowest BCUT2D eigenvalue weighted by atomic mass is 10.2. The Kier molecular flexibility index (Phi) is 8.99. The average Bonchev–Trinajstić information content (AvgIpc) is 3.05. The normalized spacial score (nSPS) is 11.7. The highest BCUT2D eigenvalue weighted by atomic mass is 127. The zero-order chi connectivity index (χ0) is 18.3. The van der Waals surface area contributed by atoms with Crippen LogP contribution < -0.4 is 10.6 Å². The largest absolute Gasteiger partial charge is 0.355 e. The molecule has 0 saturated heterocycles. The fourth-order valence-electron chi connectivity index (χ4n) is 2.30. The zero-order valence-corrected chi connectivity index (χ0v) is 18.3. The van der Waals surface area contributed by atoms with Gasteiger partial charge in [0.25, 0.3) is 0 Å². The van der Waals surface area contributed by atoms with E-state index in [4.69, 9.17) is 0 Å². The van der Waals surface area contributed by atoms with Gasteiger partial charge in [-0.3, -0.25) is 4.99 Å². The number of guanidine groups is 1. The number of nitrogens with one attached hydrogen (secondary N) is 2. The van der Waals surface area contributed by atoms with Crippen molar-refractivity contribution in [3.63, 3.8) is 0 Å². The molecule has 0 aliphatic carbocycles. The molecule has 0 spiro atoms. The van der Waals surface area contributed by atoms with Crippen LogP contribution in [-0.2, 0) is 29.3 Å². The monoisotopic (exact) mass is 492 g/mol. The summed E-state index contributed by atoms with van der Waals surface area (Å²) in [6, 6.07) is 6.81. The molecule has 1 aromatic carbocycles. The van der Waals surface area contributed by atoms with Crippen LogP contribution in [0.1, 0.15) is 18.3 Å². The van der Waals surface area contributed by atoms with Crippen molar-refractivity contribution in [1.29, 1.82) is 0 Å². The minimum atomic E-state index is -3.16. The second kappa shape index (κ2) is 10.5. The molecule has 0 fully saturated rings. The number of halogens is 1. The summed E-state index contributed by atoms with van der Waals surface area (Å²) >= 11 is 0. The van der Waals surface area contributed by atoms with E-state index in [1.807, 2.05) is 11.5 Å². The Morgan fingerprint density at radius 3 is 2.50 bits per heavy atom. The van der Waals surface area contributed by atoms with Crippen LogP contribution in [0.3, 0.4) is 0 Å². The third-order valence-electron chi connectivity index (χ3n) is 3.69. The Morgan fingerprint density at radius 1 is 1.23 bits per heavy atom.